The van der Waals surface area contributed by atoms with Crippen molar-refractivity contribution in [2.75, 3.05) is 5.32 Å². The molecule has 0 radical (unpaired) electrons. The minimum Gasteiger partial charge on any atom is -0.480 e. The molecule has 1 atom stereocenters. The van der Waals surface area contributed by atoms with Gasteiger partial charge in [0.2, 0.25) is 5.91 Å². The Kier molecular flexibility index (Phi) is 4.13. The van der Waals surface area contributed by atoms with Crippen molar-refractivity contribution in [2.24, 2.45) is 5.41 Å². The highest BCUT2D eigenvalue weighted by atomic mass is 16.4. The average Bonchev–Trinajstić information content (AvgIpc) is 2.55. The van der Waals surface area contributed by atoms with Gasteiger partial charge < -0.3 is 15.5 Å². The second-order valence-corrected chi connectivity index (χ2v) is 7.11. The van der Waals surface area contributed by atoms with Crippen molar-refractivity contribution in [2.45, 2.75) is 32.3 Å². The summed E-state index contributed by atoms with van der Waals surface area (Å²) in [7, 11) is 0. The van der Waals surface area contributed by atoms with Gasteiger partial charge in [0.15, 0.2) is 5.41 Å². The molecule has 1 heterocycles. The lowest BCUT2D eigenvalue weighted by Gasteiger charge is -2.34. The first-order valence-electron chi connectivity index (χ1n) is 8.17. The minimum atomic E-state index is -1.56. The van der Waals surface area contributed by atoms with E-state index in [9.17, 15) is 19.8 Å². The molecule has 0 bridgehead atoms. The van der Waals surface area contributed by atoms with E-state index in [4.69, 9.17) is 0 Å². The first-order chi connectivity index (χ1) is 11.7. The number of amides is 1. The molecule has 1 unspecified atom stereocenters. The summed E-state index contributed by atoms with van der Waals surface area (Å²) < 4.78 is 0. The Morgan fingerprint density at radius 3 is 2.48 bits per heavy atom. The number of aliphatic carboxylic acids is 1. The molecular weight excluding hydrogens is 318 g/mol. The van der Waals surface area contributed by atoms with E-state index in [0.29, 0.717) is 11.3 Å². The summed E-state index contributed by atoms with van der Waals surface area (Å²) in [4.78, 5) is 24.7. The molecule has 1 amide bonds. The lowest BCUT2D eigenvalue weighted by molar-refractivity contribution is -0.154. The van der Waals surface area contributed by atoms with Gasteiger partial charge in [-0.05, 0) is 49.4 Å². The van der Waals surface area contributed by atoms with Gasteiger partial charge in [-0.15, -0.1) is 0 Å². The molecule has 2 aromatic carbocycles. The van der Waals surface area contributed by atoms with Gasteiger partial charge >= 0.3 is 5.97 Å². The van der Waals surface area contributed by atoms with Crippen molar-refractivity contribution in [3.05, 3.63) is 65.2 Å². The molecule has 5 heteroatoms. The number of carbonyl (C=O) groups is 2. The molecular formula is C20H21NO4. The van der Waals surface area contributed by atoms with E-state index < -0.39 is 22.9 Å². The Hall–Kier alpha value is -2.66. The number of benzene rings is 2. The molecule has 0 aromatic heterocycles. The quantitative estimate of drug-likeness (QED) is 0.748. The second kappa shape index (κ2) is 6.01. The maximum absolute atomic E-state index is 12.7. The molecule has 0 fully saturated rings. The smallest absolute Gasteiger partial charge is 0.319 e. The highest BCUT2D eigenvalue weighted by molar-refractivity contribution is 6.10. The molecule has 3 N–H and O–H groups in total. The predicted molar refractivity (Wildman–Crippen MR) is 94.2 cm³/mol. The molecule has 0 saturated carbocycles. The van der Waals surface area contributed by atoms with Crippen molar-refractivity contribution < 1.29 is 19.8 Å². The van der Waals surface area contributed by atoms with Crippen molar-refractivity contribution in [1.29, 1.82) is 0 Å². The number of nitrogens with one attached hydrogen (secondary N) is 1. The molecule has 5 nitrogen and oxygen atoms in total. The summed E-state index contributed by atoms with van der Waals surface area (Å²) >= 11 is 0. The zero-order chi connectivity index (χ0) is 18.2. The van der Waals surface area contributed by atoms with E-state index in [2.05, 4.69) is 5.32 Å². The van der Waals surface area contributed by atoms with Gasteiger partial charge in [-0.2, -0.15) is 0 Å². The predicted octanol–water partition coefficient (Wildman–Crippen LogP) is 2.72. The van der Waals surface area contributed by atoms with E-state index in [1.54, 1.807) is 32.0 Å². The van der Waals surface area contributed by atoms with Gasteiger partial charge in [0.1, 0.15) is 0 Å². The van der Waals surface area contributed by atoms with Gasteiger partial charge in [-0.3, -0.25) is 9.59 Å². The number of anilines is 1. The van der Waals surface area contributed by atoms with Crippen LogP contribution in [0, 0.1) is 5.41 Å². The maximum Gasteiger partial charge on any atom is 0.319 e. The zero-order valence-corrected chi connectivity index (χ0v) is 14.2. The number of carboxylic acid groups (broad SMARTS) is 1. The minimum absolute atomic E-state index is 0.0856. The van der Waals surface area contributed by atoms with E-state index >= 15 is 0 Å². The van der Waals surface area contributed by atoms with E-state index in [0.717, 1.165) is 11.1 Å². The SMILES string of the molecule is CC(C)(O)c1ccc2c(c1)CC(Cc1ccccc1)(C(=O)O)C(=O)N2. The van der Waals surface area contributed by atoms with Crippen LogP contribution in [-0.2, 0) is 28.0 Å². The van der Waals surface area contributed by atoms with Crippen LogP contribution in [0.2, 0.25) is 0 Å². The van der Waals surface area contributed by atoms with Crippen molar-refractivity contribution in [3.63, 3.8) is 0 Å². The van der Waals surface area contributed by atoms with Crippen LogP contribution in [0.3, 0.4) is 0 Å². The van der Waals surface area contributed by atoms with Crippen LogP contribution in [0.25, 0.3) is 0 Å². The van der Waals surface area contributed by atoms with Crippen LogP contribution >= 0.6 is 0 Å². The second-order valence-electron chi connectivity index (χ2n) is 7.11. The molecule has 3 rings (SSSR count). The van der Waals surface area contributed by atoms with Crippen LogP contribution in [-0.4, -0.2) is 22.1 Å². The van der Waals surface area contributed by atoms with Crippen LogP contribution in [0.4, 0.5) is 5.69 Å². The molecule has 130 valence electrons. The molecule has 0 aliphatic carbocycles. The molecule has 1 aliphatic rings. The fourth-order valence-corrected chi connectivity index (χ4v) is 3.23. The Balaban J connectivity index is 2.04. The number of carboxylic acids is 1. The molecule has 1 aliphatic heterocycles. The van der Waals surface area contributed by atoms with Crippen LogP contribution in [0.15, 0.2) is 48.5 Å². The van der Waals surface area contributed by atoms with E-state index in [-0.39, 0.29) is 12.8 Å². The lowest BCUT2D eigenvalue weighted by Crippen LogP contribution is -2.49. The largest absolute Gasteiger partial charge is 0.480 e. The fraction of sp³-hybridized carbons (Fsp3) is 0.300. The summed E-state index contributed by atoms with van der Waals surface area (Å²) in [6.07, 6.45) is 0.198. The highest BCUT2D eigenvalue weighted by Gasteiger charge is 2.49. The third-order valence-corrected chi connectivity index (χ3v) is 4.74. The van der Waals surface area contributed by atoms with Gasteiger partial charge in [0.05, 0.1) is 5.60 Å². The van der Waals surface area contributed by atoms with Gasteiger partial charge in [-0.25, -0.2) is 0 Å². The molecule has 2 aromatic rings. The third kappa shape index (κ3) is 3.15. The zero-order valence-electron chi connectivity index (χ0n) is 14.2. The van der Waals surface area contributed by atoms with Gasteiger partial charge in [0, 0.05) is 5.69 Å². The molecule has 0 spiro atoms. The Morgan fingerprint density at radius 1 is 1.20 bits per heavy atom. The van der Waals surface area contributed by atoms with Crippen molar-refractivity contribution in [1.82, 2.24) is 0 Å². The number of rotatable bonds is 4. The summed E-state index contributed by atoms with van der Waals surface area (Å²) in [6.45, 7) is 3.34. The first-order valence-corrected chi connectivity index (χ1v) is 8.17. The lowest BCUT2D eigenvalue weighted by atomic mass is 9.73. The van der Waals surface area contributed by atoms with Gasteiger partial charge in [-0.1, -0.05) is 42.5 Å². The number of carbonyl (C=O) groups excluding carboxylic acids is 1. The average molecular weight is 339 g/mol. The Labute approximate surface area is 146 Å². The normalized spacial score (nSPS) is 19.9. The fourth-order valence-electron chi connectivity index (χ4n) is 3.23. The number of aliphatic hydroxyl groups is 1. The van der Waals surface area contributed by atoms with Crippen molar-refractivity contribution >= 4 is 17.6 Å². The van der Waals surface area contributed by atoms with Crippen molar-refractivity contribution in [3.8, 4) is 0 Å². The Morgan fingerprint density at radius 2 is 1.88 bits per heavy atom. The summed E-state index contributed by atoms with van der Waals surface area (Å²) in [6, 6.07) is 14.4. The van der Waals surface area contributed by atoms with Crippen LogP contribution < -0.4 is 5.32 Å². The van der Waals surface area contributed by atoms with Gasteiger partial charge in [0.25, 0.3) is 0 Å². The van der Waals surface area contributed by atoms with E-state index in [1.807, 2.05) is 30.3 Å². The number of hydrogen-bond donors (Lipinski definition) is 3. The summed E-state index contributed by atoms with van der Waals surface area (Å²) in [5.74, 6) is -1.65. The monoisotopic (exact) mass is 339 g/mol. The maximum atomic E-state index is 12.7. The third-order valence-electron chi connectivity index (χ3n) is 4.74. The number of hydrogen-bond acceptors (Lipinski definition) is 3. The summed E-state index contributed by atoms with van der Waals surface area (Å²) in [5, 5.41) is 22.8. The summed E-state index contributed by atoms with van der Waals surface area (Å²) in [5.41, 5.74) is 0.193. The molecule has 25 heavy (non-hydrogen) atoms. The number of fused-ring (bicyclic) bond motifs is 1. The highest BCUT2D eigenvalue weighted by Crippen LogP contribution is 2.38. The van der Waals surface area contributed by atoms with E-state index in [1.165, 1.54) is 0 Å². The standard InChI is InChI=1S/C20H21NO4/c1-19(2,25)15-8-9-16-14(10-15)12-20(18(23)24,17(22)21-16)11-13-6-4-3-5-7-13/h3-10,25H,11-12H2,1-2H3,(H,21,22)(H,23,24). The topological polar surface area (TPSA) is 86.6 Å². The molecule has 0 saturated heterocycles. The van der Waals surface area contributed by atoms with Crippen LogP contribution in [0.1, 0.15) is 30.5 Å². The first kappa shape index (κ1) is 17.2. The Bertz CT molecular complexity index is 823. The van der Waals surface area contributed by atoms with Crippen LogP contribution in [0.5, 0.6) is 0 Å².